The number of amides is 1. The fourth-order valence-corrected chi connectivity index (χ4v) is 2.13. The number of nitrogens with zero attached hydrogens (tertiary/aromatic N) is 1. The summed E-state index contributed by atoms with van der Waals surface area (Å²) in [5.41, 5.74) is -2.32. The highest BCUT2D eigenvalue weighted by Crippen LogP contribution is 2.37. The van der Waals surface area contributed by atoms with Crippen LogP contribution in [0, 0.1) is 5.82 Å². The third-order valence-corrected chi connectivity index (χ3v) is 3.40. The summed E-state index contributed by atoms with van der Waals surface area (Å²) in [7, 11) is 0. The summed E-state index contributed by atoms with van der Waals surface area (Å²) < 4.78 is 50.6. The Kier molecular flexibility index (Phi) is 3.73. The van der Waals surface area contributed by atoms with E-state index in [9.17, 15) is 27.5 Å². The Morgan fingerprint density at radius 2 is 1.90 bits per heavy atom. The van der Waals surface area contributed by atoms with Crippen LogP contribution in [0.25, 0.3) is 0 Å². The van der Waals surface area contributed by atoms with Gasteiger partial charge in [0.15, 0.2) is 5.60 Å². The van der Waals surface area contributed by atoms with Gasteiger partial charge in [-0.05, 0) is 17.7 Å². The molecule has 1 aliphatic heterocycles. The van der Waals surface area contributed by atoms with E-state index in [0.717, 1.165) is 4.90 Å². The van der Waals surface area contributed by atoms with E-state index in [1.165, 1.54) is 24.3 Å². The summed E-state index contributed by atoms with van der Waals surface area (Å²) in [4.78, 5) is 12.9. The molecule has 0 radical (unpaired) electrons. The van der Waals surface area contributed by atoms with Crippen molar-refractivity contribution < 1.29 is 27.5 Å². The first-order valence-electron chi connectivity index (χ1n) is 6.03. The number of hydrogen-bond donors (Lipinski definition) is 1. The molecule has 2 rings (SSSR count). The van der Waals surface area contributed by atoms with E-state index >= 15 is 0 Å². The Morgan fingerprint density at radius 1 is 1.30 bits per heavy atom. The van der Waals surface area contributed by atoms with Crippen LogP contribution in [0.4, 0.5) is 17.6 Å². The van der Waals surface area contributed by atoms with Gasteiger partial charge in [-0.1, -0.05) is 12.1 Å². The number of rotatable bonds is 2. The van der Waals surface area contributed by atoms with Crippen LogP contribution in [-0.4, -0.2) is 40.8 Å². The molecule has 1 fully saturated rings. The molecule has 1 unspecified atom stereocenters. The Bertz CT molecular complexity index is 500. The molecule has 110 valence electrons. The van der Waals surface area contributed by atoms with Gasteiger partial charge in [0.1, 0.15) is 5.82 Å². The Balaban J connectivity index is 2.00. The smallest absolute Gasteiger partial charge is 0.379 e. The van der Waals surface area contributed by atoms with Gasteiger partial charge >= 0.3 is 6.18 Å². The van der Waals surface area contributed by atoms with Gasteiger partial charge in [0.2, 0.25) is 5.91 Å². The standard InChI is InChI=1S/C13H13F4NO2/c14-10-3-1-9(2-4-10)7-11(19)18-6-5-12(20,8-18)13(15,16)17/h1-4,20H,5-8H2. The Morgan fingerprint density at radius 3 is 2.40 bits per heavy atom. The third kappa shape index (κ3) is 2.92. The number of carbonyl (C=O) groups is 1. The summed E-state index contributed by atoms with van der Waals surface area (Å²) in [5.74, 6) is -0.967. The predicted molar refractivity (Wildman–Crippen MR) is 62.3 cm³/mol. The summed E-state index contributed by atoms with van der Waals surface area (Å²) in [6, 6.07) is 5.16. The molecule has 1 heterocycles. The molecular formula is C13H13F4NO2. The number of alkyl halides is 3. The molecule has 7 heteroatoms. The highest BCUT2D eigenvalue weighted by Gasteiger charge is 2.57. The first kappa shape index (κ1) is 14.8. The second kappa shape index (κ2) is 5.05. The highest BCUT2D eigenvalue weighted by atomic mass is 19.4. The molecular weight excluding hydrogens is 278 g/mol. The van der Waals surface area contributed by atoms with Crippen LogP contribution >= 0.6 is 0 Å². The predicted octanol–water partition coefficient (Wildman–Crippen LogP) is 1.89. The largest absolute Gasteiger partial charge is 0.419 e. The summed E-state index contributed by atoms with van der Waals surface area (Å²) in [6.07, 6.45) is -5.39. The van der Waals surface area contributed by atoms with Crippen LogP contribution < -0.4 is 0 Å². The lowest BCUT2D eigenvalue weighted by molar-refractivity contribution is -0.253. The normalized spacial score (nSPS) is 23.1. The van der Waals surface area contributed by atoms with Crippen LogP contribution in [0.5, 0.6) is 0 Å². The summed E-state index contributed by atoms with van der Waals surface area (Å²) in [5, 5.41) is 9.48. The van der Waals surface area contributed by atoms with Crippen molar-refractivity contribution in [2.75, 3.05) is 13.1 Å². The molecule has 1 saturated heterocycles. The average Bonchev–Trinajstić information content (AvgIpc) is 2.76. The molecule has 1 aliphatic rings. The molecule has 20 heavy (non-hydrogen) atoms. The van der Waals surface area contributed by atoms with Crippen molar-refractivity contribution in [1.29, 1.82) is 0 Å². The lowest BCUT2D eigenvalue weighted by atomic mass is 10.0. The molecule has 0 bridgehead atoms. The Hall–Kier alpha value is -1.63. The third-order valence-electron chi connectivity index (χ3n) is 3.40. The van der Waals surface area contributed by atoms with Crippen LogP contribution in [0.3, 0.4) is 0 Å². The fourth-order valence-electron chi connectivity index (χ4n) is 2.13. The van der Waals surface area contributed by atoms with E-state index in [-0.39, 0.29) is 13.0 Å². The van der Waals surface area contributed by atoms with Crippen molar-refractivity contribution in [3.63, 3.8) is 0 Å². The Labute approximate surface area is 112 Å². The maximum absolute atomic E-state index is 12.7. The SMILES string of the molecule is O=C(Cc1ccc(F)cc1)N1CCC(O)(C(F)(F)F)C1. The monoisotopic (exact) mass is 291 g/mol. The van der Waals surface area contributed by atoms with E-state index in [4.69, 9.17) is 0 Å². The number of β-amino-alcohol motifs (C(OH)–C–C–N with tert-alkyl or cyclic N) is 1. The zero-order valence-corrected chi connectivity index (χ0v) is 10.5. The average molecular weight is 291 g/mol. The maximum Gasteiger partial charge on any atom is 0.419 e. The molecule has 0 aromatic heterocycles. The second-order valence-corrected chi connectivity index (χ2v) is 4.90. The molecule has 1 aromatic carbocycles. The number of halogens is 4. The number of carbonyl (C=O) groups excluding carboxylic acids is 1. The minimum Gasteiger partial charge on any atom is -0.379 e. The van der Waals surface area contributed by atoms with Gasteiger partial charge in [-0.15, -0.1) is 0 Å². The van der Waals surface area contributed by atoms with Gasteiger partial charge in [-0.25, -0.2) is 4.39 Å². The van der Waals surface area contributed by atoms with Crippen molar-refractivity contribution in [2.45, 2.75) is 24.6 Å². The van der Waals surface area contributed by atoms with Gasteiger partial charge in [-0.2, -0.15) is 13.2 Å². The van der Waals surface area contributed by atoms with Gasteiger partial charge in [-0.3, -0.25) is 4.79 Å². The number of benzene rings is 1. The first-order chi connectivity index (χ1) is 9.21. The van der Waals surface area contributed by atoms with Gasteiger partial charge in [0, 0.05) is 13.0 Å². The first-order valence-corrected chi connectivity index (χ1v) is 6.03. The molecule has 3 nitrogen and oxygen atoms in total. The van der Waals surface area contributed by atoms with Crippen molar-refractivity contribution in [3.8, 4) is 0 Å². The molecule has 0 spiro atoms. The number of likely N-dealkylation sites (tertiary alicyclic amines) is 1. The van der Waals surface area contributed by atoms with Crippen molar-refractivity contribution in [3.05, 3.63) is 35.6 Å². The lowest BCUT2D eigenvalue weighted by Crippen LogP contribution is -2.48. The van der Waals surface area contributed by atoms with Crippen LogP contribution in [0.2, 0.25) is 0 Å². The van der Waals surface area contributed by atoms with Crippen LogP contribution in [-0.2, 0) is 11.2 Å². The lowest BCUT2D eigenvalue weighted by Gasteiger charge is -2.25. The molecule has 1 aromatic rings. The second-order valence-electron chi connectivity index (χ2n) is 4.90. The van der Waals surface area contributed by atoms with Crippen molar-refractivity contribution in [1.82, 2.24) is 4.90 Å². The zero-order chi connectivity index (χ0) is 15.0. The van der Waals surface area contributed by atoms with E-state index in [2.05, 4.69) is 0 Å². The van der Waals surface area contributed by atoms with Crippen LogP contribution in [0.15, 0.2) is 24.3 Å². The van der Waals surface area contributed by atoms with E-state index in [1.54, 1.807) is 0 Å². The quantitative estimate of drug-likeness (QED) is 0.845. The zero-order valence-electron chi connectivity index (χ0n) is 10.5. The van der Waals surface area contributed by atoms with Crippen molar-refractivity contribution in [2.24, 2.45) is 0 Å². The number of hydrogen-bond acceptors (Lipinski definition) is 2. The van der Waals surface area contributed by atoms with E-state index < -0.39 is 36.5 Å². The molecule has 0 saturated carbocycles. The minimum absolute atomic E-state index is 0.117. The van der Waals surface area contributed by atoms with Gasteiger partial charge in [0.05, 0.1) is 13.0 Å². The summed E-state index contributed by atoms with van der Waals surface area (Å²) in [6.45, 7) is -0.896. The van der Waals surface area contributed by atoms with Gasteiger partial charge in [0.25, 0.3) is 0 Å². The molecule has 0 aliphatic carbocycles. The van der Waals surface area contributed by atoms with Gasteiger partial charge < -0.3 is 10.0 Å². The van der Waals surface area contributed by atoms with E-state index in [0.29, 0.717) is 5.56 Å². The minimum atomic E-state index is -4.75. The highest BCUT2D eigenvalue weighted by molar-refractivity contribution is 5.79. The van der Waals surface area contributed by atoms with Crippen LogP contribution in [0.1, 0.15) is 12.0 Å². The number of aliphatic hydroxyl groups is 1. The topological polar surface area (TPSA) is 40.5 Å². The fraction of sp³-hybridized carbons (Fsp3) is 0.462. The molecule has 1 atom stereocenters. The maximum atomic E-state index is 12.7. The molecule has 1 amide bonds. The van der Waals surface area contributed by atoms with E-state index in [1.807, 2.05) is 0 Å². The molecule has 1 N–H and O–H groups in total. The summed E-state index contributed by atoms with van der Waals surface area (Å²) >= 11 is 0. The van der Waals surface area contributed by atoms with Crippen molar-refractivity contribution >= 4 is 5.91 Å².